The van der Waals surface area contributed by atoms with Crippen molar-refractivity contribution in [2.45, 2.75) is 5.25 Å². The van der Waals surface area contributed by atoms with Crippen LogP contribution in [0.3, 0.4) is 0 Å². The fourth-order valence-electron chi connectivity index (χ4n) is 1.42. The van der Waals surface area contributed by atoms with E-state index in [0.29, 0.717) is 0 Å². The van der Waals surface area contributed by atoms with Crippen molar-refractivity contribution in [1.29, 1.82) is 0 Å². The summed E-state index contributed by atoms with van der Waals surface area (Å²) in [5, 5.41) is 5.74. The summed E-state index contributed by atoms with van der Waals surface area (Å²) in [5.41, 5.74) is -1.29. The largest absolute Gasteiger partial charge is 0.430 e. The molecule has 1 aromatic carbocycles. The summed E-state index contributed by atoms with van der Waals surface area (Å²) in [4.78, 5) is 14.7. The van der Waals surface area contributed by atoms with Crippen LogP contribution in [0.25, 0.3) is 11.0 Å². The number of aromatic nitrogens is 2. The highest BCUT2D eigenvalue weighted by atomic mass is 32.3. The molecule has 0 amide bonds. The molecule has 0 saturated carbocycles. The number of nitrogens with one attached hydrogen (secondary N) is 1. The summed E-state index contributed by atoms with van der Waals surface area (Å²) in [6.07, 6.45) is 0. The van der Waals surface area contributed by atoms with Crippen LogP contribution in [0.2, 0.25) is 0 Å². The van der Waals surface area contributed by atoms with Gasteiger partial charge < -0.3 is 4.98 Å². The number of para-hydroxylation sites is 1. The monoisotopic (exact) mass is 295 g/mol. The van der Waals surface area contributed by atoms with E-state index in [1.807, 2.05) is 4.98 Å². The molecule has 2 rings (SSSR count). The molecule has 2 aromatic rings. The molecule has 0 aliphatic heterocycles. The van der Waals surface area contributed by atoms with Gasteiger partial charge in [-0.05, 0) is 6.07 Å². The number of non-ortho nitro benzene ring substituents is 1. The Labute approximate surface area is 103 Å². The fraction of sp³-hybridized carbons (Fsp3) is 0.125. The lowest BCUT2D eigenvalue weighted by molar-refractivity contribution is -0.383. The second kappa shape index (κ2) is 3.91. The summed E-state index contributed by atoms with van der Waals surface area (Å²) >= 11 is 0. The fourth-order valence-corrected chi connectivity index (χ4v) is 1.75. The molecular formula is C8H4F3N3O4S. The maximum Gasteiger partial charge on any atom is 0.430 e. The third-order valence-electron chi connectivity index (χ3n) is 2.27. The van der Waals surface area contributed by atoms with Crippen LogP contribution >= 0.6 is 0 Å². The maximum atomic E-state index is 13.2. The number of imidazole rings is 1. The zero-order chi connectivity index (χ0) is 14.4. The van der Waals surface area contributed by atoms with Gasteiger partial charge in [0.25, 0.3) is 5.69 Å². The number of alkyl halides is 2. The van der Waals surface area contributed by atoms with E-state index in [-0.39, 0.29) is 5.52 Å². The normalized spacial score (nSPS) is 12.8. The van der Waals surface area contributed by atoms with Crippen LogP contribution in [0, 0.1) is 10.1 Å². The smallest absolute Gasteiger partial charge is 0.336 e. The third-order valence-corrected chi connectivity index (χ3v) is 3.08. The minimum atomic E-state index is -6.23. The zero-order valence-electron chi connectivity index (χ0n) is 8.80. The first-order valence-electron chi connectivity index (χ1n) is 4.60. The van der Waals surface area contributed by atoms with Crippen LogP contribution in [0.5, 0.6) is 0 Å². The van der Waals surface area contributed by atoms with Crippen LogP contribution in [-0.4, -0.2) is 23.3 Å². The number of hydrogen-bond acceptors (Lipinski definition) is 5. The molecule has 0 unspecified atom stereocenters. The van der Waals surface area contributed by atoms with E-state index < -0.39 is 37.4 Å². The van der Waals surface area contributed by atoms with E-state index >= 15 is 0 Å². The Balaban J connectivity index is 2.73. The Morgan fingerprint density at radius 3 is 2.53 bits per heavy atom. The summed E-state index contributed by atoms with van der Waals surface area (Å²) in [6, 6.07) is 3.35. The van der Waals surface area contributed by atoms with Gasteiger partial charge in [0.05, 0.1) is 10.4 Å². The third kappa shape index (κ3) is 2.01. The van der Waals surface area contributed by atoms with E-state index in [1.165, 1.54) is 12.1 Å². The van der Waals surface area contributed by atoms with Crippen LogP contribution < -0.4 is 0 Å². The number of nitro benzene ring substituents is 1. The predicted octanol–water partition coefficient (Wildman–Crippen LogP) is 1.82. The van der Waals surface area contributed by atoms with Gasteiger partial charge in [0.1, 0.15) is 0 Å². The van der Waals surface area contributed by atoms with Crippen molar-refractivity contribution in [3.63, 3.8) is 0 Å². The molecule has 11 heteroatoms. The minimum Gasteiger partial charge on any atom is -0.336 e. The molecule has 7 nitrogen and oxygen atoms in total. The van der Waals surface area contributed by atoms with Gasteiger partial charge in [-0.3, -0.25) is 10.1 Å². The van der Waals surface area contributed by atoms with E-state index in [9.17, 15) is 31.2 Å². The highest BCUT2D eigenvalue weighted by molar-refractivity contribution is 7.87. The van der Waals surface area contributed by atoms with E-state index in [1.54, 1.807) is 0 Å². The summed E-state index contributed by atoms with van der Waals surface area (Å²) < 4.78 is 59.6. The Hall–Kier alpha value is -2.17. The number of nitrogens with zero attached hydrogens (tertiary/aromatic N) is 2. The SMILES string of the molecule is O=[N+]([O-])c1cccc2[nH]c(C(F)(F)S(=O)(=O)F)nc12. The molecule has 0 atom stereocenters. The molecule has 0 bridgehead atoms. The van der Waals surface area contributed by atoms with Gasteiger partial charge in [-0.15, -0.1) is 0 Å². The van der Waals surface area contributed by atoms with Gasteiger partial charge in [-0.25, -0.2) is 4.98 Å². The standard InChI is InChI=1S/C8H4F3N3O4S/c9-8(10,19(11,17)18)7-12-4-2-1-3-5(14(15)16)6(4)13-7/h1-3H,(H,12,13). The van der Waals surface area contributed by atoms with Crippen molar-refractivity contribution in [3.05, 3.63) is 34.1 Å². The lowest BCUT2D eigenvalue weighted by atomic mass is 10.3. The van der Waals surface area contributed by atoms with Gasteiger partial charge in [0, 0.05) is 6.07 Å². The first-order valence-corrected chi connectivity index (χ1v) is 5.98. The van der Waals surface area contributed by atoms with Gasteiger partial charge in [-0.2, -0.15) is 17.2 Å². The quantitative estimate of drug-likeness (QED) is 0.528. The molecule has 0 aliphatic carbocycles. The molecule has 0 aliphatic rings. The highest BCUT2D eigenvalue weighted by Gasteiger charge is 2.51. The Bertz CT molecular complexity index is 771. The van der Waals surface area contributed by atoms with Gasteiger partial charge in [0.15, 0.2) is 11.3 Å². The van der Waals surface area contributed by atoms with Crippen LogP contribution in [-0.2, 0) is 15.5 Å². The predicted molar refractivity (Wildman–Crippen MR) is 56.7 cm³/mol. The average Bonchev–Trinajstić information content (AvgIpc) is 2.70. The topological polar surface area (TPSA) is 106 Å². The number of aromatic amines is 1. The number of fused-ring (bicyclic) bond motifs is 1. The number of halogens is 3. The van der Waals surface area contributed by atoms with Crippen molar-refractivity contribution in [2.75, 3.05) is 0 Å². The summed E-state index contributed by atoms with van der Waals surface area (Å²) in [6.45, 7) is 0. The van der Waals surface area contributed by atoms with Crippen molar-refractivity contribution in [1.82, 2.24) is 9.97 Å². The molecule has 0 spiro atoms. The first-order chi connectivity index (χ1) is 8.64. The lowest BCUT2D eigenvalue weighted by Gasteiger charge is -2.06. The number of benzene rings is 1. The summed E-state index contributed by atoms with van der Waals surface area (Å²) in [5.74, 6) is -1.51. The van der Waals surface area contributed by atoms with Crippen LogP contribution in [0.15, 0.2) is 18.2 Å². The molecular weight excluding hydrogens is 291 g/mol. The summed E-state index contributed by atoms with van der Waals surface area (Å²) in [7, 11) is -6.23. The Kier molecular flexibility index (Phi) is 2.73. The zero-order valence-corrected chi connectivity index (χ0v) is 9.62. The van der Waals surface area contributed by atoms with Gasteiger partial charge in [-0.1, -0.05) is 9.95 Å². The minimum absolute atomic E-state index is 0.201. The van der Waals surface area contributed by atoms with Gasteiger partial charge >= 0.3 is 15.5 Å². The van der Waals surface area contributed by atoms with Crippen molar-refractivity contribution < 1.29 is 26.0 Å². The lowest BCUT2D eigenvalue weighted by Crippen LogP contribution is -2.23. The second-order valence-electron chi connectivity index (χ2n) is 3.47. The van der Waals surface area contributed by atoms with Crippen LogP contribution in [0.4, 0.5) is 18.4 Å². The maximum absolute atomic E-state index is 13.2. The van der Waals surface area contributed by atoms with Crippen molar-refractivity contribution in [2.24, 2.45) is 0 Å². The van der Waals surface area contributed by atoms with E-state index in [4.69, 9.17) is 0 Å². The molecule has 1 aromatic heterocycles. The molecule has 19 heavy (non-hydrogen) atoms. The van der Waals surface area contributed by atoms with Gasteiger partial charge in [0.2, 0.25) is 0 Å². The molecule has 1 N–H and O–H groups in total. The van der Waals surface area contributed by atoms with Crippen LogP contribution in [0.1, 0.15) is 5.82 Å². The van der Waals surface area contributed by atoms with Crippen molar-refractivity contribution >= 4 is 26.9 Å². The number of rotatable bonds is 3. The number of nitro groups is 1. The molecule has 1 heterocycles. The number of H-pyrrole nitrogens is 1. The number of hydrogen-bond donors (Lipinski definition) is 1. The highest BCUT2D eigenvalue weighted by Crippen LogP contribution is 2.35. The molecule has 0 fully saturated rings. The molecule has 0 radical (unpaired) electrons. The molecule has 102 valence electrons. The average molecular weight is 295 g/mol. The molecule has 0 saturated heterocycles. The first kappa shape index (κ1) is 13.3. The van der Waals surface area contributed by atoms with E-state index in [2.05, 4.69) is 4.98 Å². The van der Waals surface area contributed by atoms with E-state index in [0.717, 1.165) is 6.07 Å². The second-order valence-corrected chi connectivity index (χ2v) is 4.86. The van der Waals surface area contributed by atoms with Crippen molar-refractivity contribution in [3.8, 4) is 0 Å². The Morgan fingerprint density at radius 1 is 1.37 bits per heavy atom. The Morgan fingerprint density at radius 2 is 2.00 bits per heavy atom.